The average Bonchev–Trinajstić information content (AvgIpc) is 2.77. The molecule has 1 heterocycles. The quantitative estimate of drug-likeness (QED) is 0.854. The van der Waals surface area contributed by atoms with Crippen LogP contribution in [0.3, 0.4) is 0 Å². The van der Waals surface area contributed by atoms with Crippen molar-refractivity contribution in [3.05, 3.63) is 53.1 Å². The van der Waals surface area contributed by atoms with Crippen LogP contribution < -0.4 is 5.32 Å². The average molecular weight is 267 g/mol. The van der Waals surface area contributed by atoms with Crippen LogP contribution in [-0.4, -0.2) is 4.57 Å². The van der Waals surface area contributed by atoms with Crippen LogP contribution in [0.15, 0.2) is 36.7 Å². The van der Waals surface area contributed by atoms with Crippen molar-refractivity contribution in [2.75, 3.05) is 5.32 Å². The Balaban J connectivity index is 2.02. The first-order valence-corrected chi connectivity index (χ1v) is 6.41. The largest absolute Gasteiger partial charge is 0.377 e. The smallest absolute Gasteiger partial charge is 0.147 e. The van der Waals surface area contributed by atoms with Crippen LogP contribution in [-0.2, 0) is 13.1 Å². The second kappa shape index (κ2) is 5.91. The van der Waals surface area contributed by atoms with E-state index in [2.05, 4.69) is 23.0 Å². The molecule has 2 rings (SSSR count). The highest BCUT2D eigenvalue weighted by atomic mass is 35.5. The van der Waals surface area contributed by atoms with Crippen LogP contribution in [0.2, 0.25) is 5.02 Å². The molecule has 0 saturated carbocycles. The van der Waals surface area contributed by atoms with E-state index < -0.39 is 0 Å². The van der Waals surface area contributed by atoms with Crippen LogP contribution in [0.25, 0.3) is 0 Å². The lowest BCUT2D eigenvalue weighted by Gasteiger charge is -2.08. The standard InChI is InChI=1S/C14H16ClFN2/c1-2-7-18-8-6-11(10-18)9-17-14-12(15)4-3-5-13(14)16/h3-6,8,10,17H,2,7,9H2,1H3. The minimum atomic E-state index is -0.324. The summed E-state index contributed by atoms with van der Waals surface area (Å²) in [6.45, 7) is 3.70. The van der Waals surface area contributed by atoms with Crippen molar-refractivity contribution in [3.8, 4) is 0 Å². The molecule has 0 aliphatic rings. The maximum atomic E-state index is 13.5. The van der Waals surface area contributed by atoms with Gasteiger partial charge in [0.1, 0.15) is 5.82 Å². The molecule has 1 N–H and O–H groups in total. The van der Waals surface area contributed by atoms with Crippen LogP contribution >= 0.6 is 11.6 Å². The third-order valence-electron chi connectivity index (χ3n) is 2.73. The number of nitrogens with zero attached hydrogens (tertiary/aromatic N) is 1. The van der Waals surface area contributed by atoms with Gasteiger partial charge in [-0.2, -0.15) is 0 Å². The van der Waals surface area contributed by atoms with Crippen molar-refractivity contribution in [2.24, 2.45) is 0 Å². The molecule has 0 fully saturated rings. The Morgan fingerprint density at radius 3 is 2.89 bits per heavy atom. The first-order valence-electron chi connectivity index (χ1n) is 6.03. The zero-order valence-electron chi connectivity index (χ0n) is 10.3. The van der Waals surface area contributed by atoms with Gasteiger partial charge in [0, 0.05) is 25.5 Å². The lowest BCUT2D eigenvalue weighted by Crippen LogP contribution is -2.01. The molecule has 4 heteroatoms. The van der Waals surface area contributed by atoms with E-state index in [1.807, 2.05) is 12.3 Å². The van der Waals surface area contributed by atoms with Crippen molar-refractivity contribution < 1.29 is 4.39 Å². The fraction of sp³-hybridized carbons (Fsp3) is 0.286. The normalized spacial score (nSPS) is 10.6. The van der Waals surface area contributed by atoms with E-state index in [4.69, 9.17) is 11.6 Å². The van der Waals surface area contributed by atoms with Gasteiger partial charge in [0.25, 0.3) is 0 Å². The van der Waals surface area contributed by atoms with Crippen LogP contribution in [0.4, 0.5) is 10.1 Å². The number of nitrogens with one attached hydrogen (secondary N) is 1. The minimum absolute atomic E-state index is 0.324. The molecule has 0 radical (unpaired) electrons. The summed E-state index contributed by atoms with van der Waals surface area (Å²) >= 11 is 5.94. The Morgan fingerprint density at radius 2 is 2.17 bits per heavy atom. The number of halogens is 2. The third-order valence-corrected chi connectivity index (χ3v) is 3.04. The summed E-state index contributed by atoms with van der Waals surface area (Å²) in [7, 11) is 0. The second-order valence-corrected chi connectivity index (χ2v) is 4.61. The van der Waals surface area contributed by atoms with Gasteiger partial charge in [0.2, 0.25) is 0 Å². The molecule has 0 saturated heterocycles. The SMILES string of the molecule is CCCn1ccc(CNc2c(F)cccc2Cl)c1. The van der Waals surface area contributed by atoms with Gasteiger partial charge in [-0.3, -0.25) is 0 Å². The summed E-state index contributed by atoms with van der Waals surface area (Å²) in [4.78, 5) is 0. The predicted octanol–water partition coefficient (Wildman–Crippen LogP) is 4.30. The summed E-state index contributed by atoms with van der Waals surface area (Å²) in [6, 6.07) is 6.70. The van der Waals surface area contributed by atoms with Gasteiger partial charge in [-0.05, 0) is 30.2 Å². The Morgan fingerprint density at radius 1 is 1.33 bits per heavy atom. The molecule has 0 aliphatic heterocycles. The van der Waals surface area contributed by atoms with Gasteiger partial charge in [0.15, 0.2) is 0 Å². The molecular formula is C14H16ClFN2. The molecule has 0 atom stereocenters. The maximum absolute atomic E-state index is 13.5. The molecule has 0 amide bonds. The van der Waals surface area contributed by atoms with E-state index >= 15 is 0 Å². The van der Waals surface area contributed by atoms with Gasteiger partial charge in [-0.1, -0.05) is 24.6 Å². The van der Waals surface area contributed by atoms with Gasteiger partial charge in [-0.15, -0.1) is 0 Å². The lowest BCUT2D eigenvalue weighted by atomic mass is 10.2. The number of hydrogen-bond donors (Lipinski definition) is 1. The van der Waals surface area contributed by atoms with Crippen LogP contribution in [0.5, 0.6) is 0 Å². The van der Waals surface area contributed by atoms with Crippen LogP contribution in [0.1, 0.15) is 18.9 Å². The number of hydrogen-bond acceptors (Lipinski definition) is 1. The zero-order chi connectivity index (χ0) is 13.0. The van der Waals surface area contributed by atoms with Crippen LogP contribution in [0, 0.1) is 5.82 Å². The molecule has 0 spiro atoms. The minimum Gasteiger partial charge on any atom is -0.377 e. The fourth-order valence-electron chi connectivity index (χ4n) is 1.85. The van der Waals surface area contributed by atoms with E-state index in [-0.39, 0.29) is 5.82 Å². The number of anilines is 1. The first kappa shape index (κ1) is 13.0. The summed E-state index contributed by atoms with van der Waals surface area (Å²) in [5, 5.41) is 3.44. The highest BCUT2D eigenvalue weighted by molar-refractivity contribution is 6.33. The Bertz CT molecular complexity index is 502. The lowest BCUT2D eigenvalue weighted by molar-refractivity contribution is 0.630. The number of aryl methyl sites for hydroxylation is 1. The summed E-state index contributed by atoms with van der Waals surface area (Å²) < 4.78 is 15.7. The number of benzene rings is 1. The molecule has 18 heavy (non-hydrogen) atoms. The highest BCUT2D eigenvalue weighted by Gasteiger charge is 2.06. The van der Waals surface area contributed by atoms with E-state index in [0.717, 1.165) is 18.5 Å². The van der Waals surface area contributed by atoms with Crippen molar-refractivity contribution >= 4 is 17.3 Å². The molecule has 0 bridgehead atoms. The fourth-order valence-corrected chi connectivity index (χ4v) is 2.08. The van der Waals surface area contributed by atoms with E-state index in [1.54, 1.807) is 12.1 Å². The number of para-hydroxylation sites is 1. The molecule has 0 aliphatic carbocycles. The van der Waals surface area contributed by atoms with Gasteiger partial charge in [0.05, 0.1) is 10.7 Å². The number of aromatic nitrogens is 1. The van der Waals surface area contributed by atoms with Gasteiger partial charge < -0.3 is 9.88 Å². The van der Waals surface area contributed by atoms with Crippen molar-refractivity contribution in [3.63, 3.8) is 0 Å². The van der Waals surface area contributed by atoms with Crippen molar-refractivity contribution in [2.45, 2.75) is 26.4 Å². The summed E-state index contributed by atoms with van der Waals surface area (Å²) in [5.74, 6) is -0.324. The Labute approximate surface area is 111 Å². The van der Waals surface area contributed by atoms with Crippen molar-refractivity contribution in [1.29, 1.82) is 0 Å². The molecule has 1 aromatic carbocycles. The van der Waals surface area contributed by atoms with Gasteiger partial charge >= 0.3 is 0 Å². The van der Waals surface area contributed by atoms with Gasteiger partial charge in [-0.25, -0.2) is 4.39 Å². The van der Waals surface area contributed by atoms with E-state index in [0.29, 0.717) is 17.3 Å². The molecule has 2 nitrogen and oxygen atoms in total. The van der Waals surface area contributed by atoms with Crippen molar-refractivity contribution in [1.82, 2.24) is 4.57 Å². The molecule has 2 aromatic rings. The first-order chi connectivity index (χ1) is 8.70. The molecule has 96 valence electrons. The maximum Gasteiger partial charge on any atom is 0.147 e. The molecule has 0 unspecified atom stereocenters. The topological polar surface area (TPSA) is 17.0 Å². The molecular weight excluding hydrogens is 251 g/mol. The van der Waals surface area contributed by atoms with E-state index in [1.165, 1.54) is 6.07 Å². The van der Waals surface area contributed by atoms with E-state index in [9.17, 15) is 4.39 Å². The highest BCUT2D eigenvalue weighted by Crippen LogP contribution is 2.25. The Kier molecular flexibility index (Phi) is 4.26. The Hall–Kier alpha value is -1.48. The molecule has 1 aromatic heterocycles. The second-order valence-electron chi connectivity index (χ2n) is 4.21. The zero-order valence-corrected chi connectivity index (χ0v) is 11.0. The number of rotatable bonds is 5. The third kappa shape index (κ3) is 3.05. The summed E-state index contributed by atoms with van der Waals surface area (Å²) in [6.07, 6.45) is 5.19. The predicted molar refractivity (Wildman–Crippen MR) is 73.5 cm³/mol. The summed E-state index contributed by atoms with van der Waals surface area (Å²) in [5.41, 5.74) is 1.48. The monoisotopic (exact) mass is 266 g/mol.